The zero-order valence-corrected chi connectivity index (χ0v) is 15.7. The first-order chi connectivity index (χ1) is 12.9. The Bertz CT molecular complexity index is 1020. The first-order valence-corrected chi connectivity index (χ1v) is 8.23. The molecule has 0 saturated carbocycles. The normalized spacial score (nSPS) is 10.7. The molecule has 0 aliphatic heterocycles. The summed E-state index contributed by atoms with van der Waals surface area (Å²) in [7, 11) is 6.48. The van der Waals surface area contributed by atoms with Crippen molar-refractivity contribution in [2.75, 3.05) is 21.3 Å². The van der Waals surface area contributed by atoms with Crippen LogP contribution in [-0.2, 0) is 7.05 Å². The van der Waals surface area contributed by atoms with Gasteiger partial charge in [0, 0.05) is 24.1 Å². The topological polar surface area (TPSA) is 69.9 Å². The Hall–Kier alpha value is -3.41. The van der Waals surface area contributed by atoms with Gasteiger partial charge in [0.1, 0.15) is 0 Å². The monoisotopic (exact) mass is 367 g/mol. The molecule has 3 rings (SSSR count). The summed E-state index contributed by atoms with van der Waals surface area (Å²) in [5, 5.41) is 10.1. The fourth-order valence-electron chi connectivity index (χ4n) is 3.17. The zero-order chi connectivity index (χ0) is 19.7. The average Bonchev–Trinajstić information content (AvgIpc) is 3.02. The molecule has 1 heterocycles. The van der Waals surface area contributed by atoms with E-state index in [0.717, 1.165) is 22.2 Å². The number of nitrogens with zero attached hydrogens (tertiary/aromatic N) is 1. The molecule has 0 fully saturated rings. The van der Waals surface area contributed by atoms with Crippen LogP contribution in [0, 0.1) is 0 Å². The molecule has 0 saturated heterocycles. The number of benzene rings is 2. The first-order valence-electron chi connectivity index (χ1n) is 8.23. The second-order valence-corrected chi connectivity index (χ2v) is 6.08. The molecule has 0 aliphatic carbocycles. The van der Waals surface area contributed by atoms with Crippen LogP contribution in [0.3, 0.4) is 0 Å². The SMILES string of the molecule is C=C(c1cc(OC)c(OC)c(OC)c1)c1ccc2c(c1)c(C(=O)O)cn2C. The summed E-state index contributed by atoms with van der Waals surface area (Å²) in [6.45, 7) is 4.18. The highest BCUT2D eigenvalue weighted by Gasteiger charge is 2.17. The van der Waals surface area contributed by atoms with Crippen LogP contribution in [0.5, 0.6) is 17.2 Å². The molecule has 1 N–H and O–H groups in total. The lowest BCUT2D eigenvalue weighted by atomic mass is 9.97. The van der Waals surface area contributed by atoms with E-state index in [9.17, 15) is 9.90 Å². The molecule has 27 heavy (non-hydrogen) atoms. The molecule has 1 aromatic heterocycles. The third-order valence-corrected chi connectivity index (χ3v) is 4.58. The van der Waals surface area contributed by atoms with Gasteiger partial charge in [0.05, 0.1) is 26.9 Å². The van der Waals surface area contributed by atoms with Crippen molar-refractivity contribution in [3.05, 3.63) is 59.8 Å². The van der Waals surface area contributed by atoms with Crippen LogP contribution in [0.4, 0.5) is 0 Å². The van der Waals surface area contributed by atoms with E-state index in [1.54, 1.807) is 32.1 Å². The Morgan fingerprint density at radius 1 is 1.00 bits per heavy atom. The number of carboxylic acid groups (broad SMARTS) is 1. The molecular weight excluding hydrogens is 346 g/mol. The summed E-state index contributed by atoms with van der Waals surface area (Å²) in [5.74, 6) is 0.597. The largest absolute Gasteiger partial charge is 0.493 e. The molecule has 6 nitrogen and oxygen atoms in total. The van der Waals surface area contributed by atoms with E-state index in [-0.39, 0.29) is 5.56 Å². The van der Waals surface area contributed by atoms with Crippen LogP contribution in [0.25, 0.3) is 16.5 Å². The van der Waals surface area contributed by atoms with Crippen molar-refractivity contribution in [1.82, 2.24) is 4.57 Å². The van der Waals surface area contributed by atoms with Gasteiger partial charge in [-0.1, -0.05) is 12.6 Å². The number of rotatable bonds is 6. The van der Waals surface area contributed by atoms with E-state index in [0.29, 0.717) is 22.6 Å². The number of methoxy groups -OCH3 is 3. The summed E-state index contributed by atoms with van der Waals surface area (Å²) in [5.41, 5.74) is 3.42. The molecule has 0 atom stereocenters. The number of hydrogen-bond acceptors (Lipinski definition) is 4. The maximum absolute atomic E-state index is 11.5. The van der Waals surface area contributed by atoms with Crippen molar-refractivity contribution in [3.63, 3.8) is 0 Å². The van der Waals surface area contributed by atoms with Gasteiger partial charge in [-0.05, 0) is 41.0 Å². The number of carboxylic acids is 1. The fraction of sp³-hybridized carbons (Fsp3) is 0.190. The summed E-state index contributed by atoms with van der Waals surface area (Å²) >= 11 is 0. The highest BCUT2D eigenvalue weighted by atomic mass is 16.5. The maximum Gasteiger partial charge on any atom is 0.337 e. The van der Waals surface area contributed by atoms with E-state index < -0.39 is 5.97 Å². The summed E-state index contributed by atoms with van der Waals surface area (Å²) in [4.78, 5) is 11.5. The van der Waals surface area contributed by atoms with Gasteiger partial charge in [0.2, 0.25) is 5.75 Å². The van der Waals surface area contributed by atoms with Crippen molar-refractivity contribution < 1.29 is 24.1 Å². The molecule has 3 aromatic rings. The van der Waals surface area contributed by atoms with Crippen LogP contribution in [0.15, 0.2) is 43.1 Å². The minimum Gasteiger partial charge on any atom is -0.493 e. The minimum atomic E-state index is -0.962. The van der Waals surface area contributed by atoms with Gasteiger partial charge in [-0.25, -0.2) is 4.79 Å². The van der Waals surface area contributed by atoms with E-state index >= 15 is 0 Å². The predicted molar refractivity (Wildman–Crippen MR) is 104 cm³/mol. The Morgan fingerprint density at radius 3 is 2.15 bits per heavy atom. The zero-order valence-electron chi connectivity index (χ0n) is 15.7. The van der Waals surface area contributed by atoms with Crippen molar-refractivity contribution in [1.29, 1.82) is 0 Å². The Balaban J connectivity index is 2.13. The van der Waals surface area contributed by atoms with Gasteiger partial charge >= 0.3 is 5.97 Å². The molecule has 0 aliphatic rings. The molecule has 0 unspecified atom stereocenters. The van der Waals surface area contributed by atoms with Crippen molar-refractivity contribution >= 4 is 22.4 Å². The van der Waals surface area contributed by atoms with E-state index in [2.05, 4.69) is 6.58 Å². The molecule has 2 aromatic carbocycles. The quantitative estimate of drug-likeness (QED) is 0.714. The number of ether oxygens (including phenoxy) is 3. The van der Waals surface area contributed by atoms with Gasteiger partial charge in [-0.2, -0.15) is 0 Å². The summed E-state index contributed by atoms with van der Waals surface area (Å²) in [6.07, 6.45) is 1.61. The van der Waals surface area contributed by atoms with E-state index in [4.69, 9.17) is 14.2 Å². The van der Waals surface area contributed by atoms with Gasteiger partial charge < -0.3 is 23.9 Å². The molecule has 0 spiro atoms. The predicted octanol–water partition coefficient (Wildman–Crippen LogP) is 3.96. The third-order valence-electron chi connectivity index (χ3n) is 4.58. The lowest BCUT2D eigenvalue weighted by Crippen LogP contribution is -1.97. The second-order valence-electron chi connectivity index (χ2n) is 6.08. The summed E-state index contributed by atoms with van der Waals surface area (Å²) in [6, 6.07) is 9.28. The molecule has 0 radical (unpaired) electrons. The number of carbonyl (C=O) groups is 1. The maximum atomic E-state index is 11.5. The van der Waals surface area contributed by atoms with Crippen molar-refractivity contribution in [2.24, 2.45) is 7.05 Å². The second kappa shape index (κ2) is 7.07. The van der Waals surface area contributed by atoms with Crippen molar-refractivity contribution in [2.45, 2.75) is 0 Å². The highest BCUT2D eigenvalue weighted by molar-refractivity contribution is 6.04. The minimum absolute atomic E-state index is 0.257. The van der Waals surface area contributed by atoms with Crippen LogP contribution in [0.1, 0.15) is 21.5 Å². The molecule has 6 heteroatoms. The van der Waals surface area contributed by atoms with Crippen molar-refractivity contribution in [3.8, 4) is 17.2 Å². The van der Waals surface area contributed by atoms with E-state index in [1.807, 2.05) is 37.4 Å². The molecular formula is C21H21NO5. The number of aromatic carboxylic acids is 1. The van der Waals surface area contributed by atoms with Crippen LogP contribution >= 0.6 is 0 Å². The lowest BCUT2D eigenvalue weighted by molar-refractivity contribution is 0.0699. The molecule has 0 amide bonds. The summed E-state index contributed by atoms with van der Waals surface area (Å²) < 4.78 is 18.0. The fourth-order valence-corrected chi connectivity index (χ4v) is 3.17. The lowest BCUT2D eigenvalue weighted by Gasteiger charge is -2.15. The van der Waals surface area contributed by atoms with Gasteiger partial charge in [-0.3, -0.25) is 0 Å². The first kappa shape index (κ1) is 18.4. The highest BCUT2D eigenvalue weighted by Crippen LogP contribution is 2.41. The smallest absolute Gasteiger partial charge is 0.337 e. The van der Waals surface area contributed by atoms with Gasteiger partial charge in [0.25, 0.3) is 0 Å². The molecule has 0 bridgehead atoms. The number of fused-ring (bicyclic) bond motifs is 1. The van der Waals surface area contributed by atoms with E-state index in [1.165, 1.54) is 0 Å². The molecule has 140 valence electrons. The standard InChI is InChI=1S/C21H21NO5/c1-12(14-9-18(25-3)20(27-5)19(10-14)26-4)13-6-7-17-15(8-13)16(21(23)24)11-22(17)2/h6-11H,1H2,2-5H3,(H,23,24). The number of aryl methyl sites for hydroxylation is 1. The number of aromatic nitrogens is 1. The van der Waals surface area contributed by atoms with Crippen LogP contribution in [-0.4, -0.2) is 37.0 Å². The third kappa shape index (κ3) is 3.10. The Kier molecular flexibility index (Phi) is 4.81. The average molecular weight is 367 g/mol. The van der Waals surface area contributed by atoms with Crippen LogP contribution in [0.2, 0.25) is 0 Å². The Labute approximate surface area is 157 Å². The number of hydrogen-bond donors (Lipinski definition) is 1. The van der Waals surface area contributed by atoms with Crippen LogP contribution < -0.4 is 14.2 Å². The van der Waals surface area contributed by atoms with Gasteiger partial charge in [0.15, 0.2) is 11.5 Å². The Morgan fingerprint density at radius 2 is 1.63 bits per heavy atom. The van der Waals surface area contributed by atoms with Gasteiger partial charge in [-0.15, -0.1) is 0 Å².